The summed E-state index contributed by atoms with van der Waals surface area (Å²) in [5.41, 5.74) is 0. The monoisotopic (exact) mass is 273 g/mol. The Balaban J connectivity index is 2.03. The first-order valence-electron chi connectivity index (χ1n) is 5.61. The molecule has 106 valence electrons. The van der Waals surface area contributed by atoms with Crippen LogP contribution in [0, 0.1) is 5.92 Å². The molecule has 1 fully saturated rings. The van der Waals surface area contributed by atoms with E-state index >= 15 is 0 Å². The molecule has 0 spiro atoms. The van der Waals surface area contributed by atoms with Crippen LogP contribution in [-0.4, -0.2) is 51.2 Å². The molecular formula is C11H15NO7. The van der Waals surface area contributed by atoms with E-state index in [1.807, 2.05) is 0 Å². The number of esters is 1. The maximum Gasteiger partial charge on any atom is 0.508 e. The standard InChI is InChI=1S/C11H15NO7/c1-2-9(13)16-3-4-17-10(14)12-5-8-6-18-11(15)19-7-8/h2,8H,1,3-7H2,(H,12,14). The first-order valence-corrected chi connectivity index (χ1v) is 5.61. The molecule has 1 saturated heterocycles. The predicted octanol–water partition coefficient (Wildman–Crippen LogP) is 0.225. The summed E-state index contributed by atoms with van der Waals surface area (Å²) in [5, 5.41) is 2.48. The van der Waals surface area contributed by atoms with Crippen LogP contribution >= 0.6 is 0 Å². The molecule has 0 bridgehead atoms. The van der Waals surface area contributed by atoms with Crippen molar-refractivity contribution >= 4 is 18.2 Å². The number of cyclic esters (lactones) is 2. The van der Waals surface area contributed by atoms with E-state index in [-0.39, 0.29) is 38.9 Å². The van der Waals surface area contributed by atoms with Gasteiger partial charge in [0.15, 0.2) is 0 Å². The molecule has 1 N–H and O–H groups in total. The van der Waals surface area contributed by atoms with Crippen LogP contribution in [-0.2, 0) is 23.7 Å². The van der Waals surface area contributed by atoms with Crippen molar-refractivity contribution in [3.8, 4) is 0 Å². The lowest BCUT2D eigenvalue weighted by atomic mass is 10.2. The Kier molecular flexibility index (Phi) is 6.20. The number of alkyl carbamates (subject to hydrolysis) is 1. The van der Waals surface area contributed by atoms with Crippen molar-refractivity contribution in [2.45, 2.75) is 0 Å². The molecule has 1 heterocycles. The van der Waals surface area contributed by atoms with Gasteiger partial charge in [0, 0.05) is 18.5 Å². The fourth-order valence-corrected chi connectivity index (χ4v) is 1.19. The van der Waals surface area contributed by atoms with E-state index in [4.69, 9.17) is 4.74 Å². The van der Waals surface area contributed by atoms with Gasteiger partial charge in [-0.3, -0.25) is 0 Å². The van der Waals surface area contributed by atoms with Crippen LogP contribution in [0.5, 0.6) is 0 Å². The third-order valence-corrected chi connectivity index (χ3v) is 2.14. The molecular weight excluding hydrogens is 258 g/mol. The molecule has 1 amide bonds. The average molecular weight is 273 g/mol. The number of carbonyl (C=O) groups excluding carboxylic acids is 3. The zero-order valence-electron chi connectivity index (χ0n) is 10.3. The molecule has 0 aromatic rings. The summed E-state index contributed by atoms with van der Waals surface area (Å²) in [5.74, 6) is -0.686. The Morgan fingerprint density at radius 3 is 2.58 bits per heavy atom. The lowest BCUT2D eigenvalue weighted by Gasteiger charge is -2.21. The Hall–Kier alpha value is -2.25. The maximum absolute atomic E-state index is 11.2. The third kappa shape index (κ3) is 6.29. The molecule has 0 unspecified atom stereocenters. The molecule has 0 radical (unpaired) electrons. The Labute approximate surface area is 109 Å². The zero-order valence-corrected chi connectivity index (χ0v) is 10.3. The molecule has 19 heavy (non-hydrogen) atoms. The second kappa shape index (κ2) is 7.96. The minimum absolute atomic E-state index is 0.0393. The molecule has 0 aliphatic carbocycles. The van der Waals surface area contributed by atoms with Gasteiger partial charge in [-0.25, -0.2) is 14.4 Å². The summed E-state index contributed by atoms with van der Waals surface area (Å²) in [4.78, 5) is 32.5. The minimum atomic E-state index is -0.706. The molecule has 1 rings (SSSR count). The average Bonchev–Trinajstić information content (AvgIpc) is 2.42. The summed E-state index contributed by atoms with van der Waals surface area (Å²) in [7, 11) is 0. The lowest BCUT2D eigenvalue weighted by molar-refractivity contribution is -0.138. The molecule has 0 atom stereocenters. The highest BCUT2D eigenvalue weighted by atomic mass is 16.7. The van der Waals surface area contributed by atoms with Gasteiger partial charge in [0.2, 0.25) is 0 Å². The van der Waals surface area contributed by atoms with Crippen molar-refractivity contribution in [3.05, 3.63) is 12.7 Å². The fourth-order valence-electron chi connectivity index (χ4n) is 1.19. The number of amides is 1. The third-order valence-electron chi connectivity index (χ3n) is 2.14. The number of hydrogen-bond acceptors (Lipinski definition) is 7. The quantitative estimate of drug-likeness (QED) is 0.320. The van der Waals surface area contributed by atoms with Crippen LogP contribution in [0.15, 0.2) is 12.7 Å². The predicted molar refractivity (Wildman–Crippen MR) is 61.3 cm³/mol. The second-order valence-corrected chi connectivity index (χ2v) is 3.63. The molecule has 1 aliphatic heterocycles. The van der Waals surface area contributed by atoms with Gasteiger partial charge in [-0.05, 0) is 0 Å². The minimum Gasteiger partial charge on any atom is -0.459 e. The summed E-state index contributed by atoms with van der Waals surface area (Å²) in [6.45, 7) is 3.77. The van der Waals surface area contributed by atoms with Crippen LogP contribution in [0.1, 0.15) is 0 Å². The van der Waals surface area contributed by atoms with Gasteiger partial charge in [-0.2, -0.15) is 0 Å². The zero-order chi connectivity index (χ0) is 14.1. The SMILES string of the molecule is C=CC(=O)OCCOC(=O)NCC1COC(=O)OC1. The van der Waals surface area contributed by atoms with E-state index < -0.39 is 18.2 Å². The van der Waals surface area contributed by atoms with Gasteiger partial charge in [0.1, 0.15) is 26.4 Å². The normalized spacial score (nSPS) is 14.8. The van der Waals surface area contributed by atoms with E-state index in [0.29, 0.717) is 0 Å². The first kappa shape index (κ1) is 14.8. The lowest BCUT2D eigenvalue weighted by Crippen LogP contribution is -2.38. The van der Waals surface area contributed by atoms with Crippen LogP contribution in [0.2, 0.25) is 0 Å². The fraction of sp³-hybridized carbons (Fsp3) is 0.545. The van der Waals surface area contributed by atoms with Crippen molar-refractivity contribution in [3.63, 3.8) is 0 Å². The molecule has 0 saturated carbocycles. The smallest absolute Gasteiger partial charge is 0.459 e. The van der Waals surface area contributed by atoms with Crippen molar-refractivity contribution < 1.29 is 33.3 Å². The number of nitrogens with one attached hydrogen (secondary N) is 1. The highest BCUT2D eigenvalue weighted by molar-refractivity contribution is 5.81. The Morgan fingerprint density at radius 2 is 1.95 bits per heavy atom. The number of ether oxygens (including phenoxy) is 4. The highest BCUT2D eigenvalue weighted by Crippen LogP contribution is 2.05. The molecule has 0 aromatic heterocycles. The molecule has 8 heteroatoms. The largest absolute Gasteiger partial charge is 0.508 e. The second-order valence-electron chi connectivity index (χ2n) is 3.63. The number of rotatable bonds is 6. The van der Waals surface area contributed by atoms with E-state index in [0.717, 1.165) is 6.08 Å². The van der Waals surface area contributed by atoms with Gasteiger partial charge in [0.25, 0.3) is 0 Å². The van der Waals surface area contributed by atoms with E-state index in [1.54, 1.807) is 0 Å². The molecule has 1 aliphatic rings. The Bertz CT molecular complexity index is 345. The van der Waals surface area contributed by atoms with Gasteiger partial charge >= 0.3 is 18.2 Å². The van der Waals surface area contributed by atoms with Crippen LogP contribution in [0.3, 0.4) is 0 Å². The van der Waals surface area contributed by atoms with Gasteiger partial charge in [-0.1, -0.05) is 6.58 Å². The Morgan fingerprint density at radius 1 is 1.32 bits per heavy atom. The number of carbonyl (C=O) groups is 3. The van der Waals surface area contributed by atoms with Crippen molar-refractivity contribution in [1.82, 2.24) is 5.32 Å². The summed E-state index contributed by atoms with van der Waals surface area (Å²) >= 11 is 0. The summed E-state index contributed by atoms with van der Waals surface area (Å²) in [6.07, 6.45) is -0.334. The molecule has 0 aromatic carbocycles. The highest BCUT2D eigenvalue weighted by Gasteiger charge is 2.21. The van der Waals surface area contributed by atoms with E-state index in [1.165, 1.54) is 0 Å². The van der Waals surface area contributed by atoms with Gasteiger partial charge in [-0.15, -0.1) is 0 Å². The van der Waals surface area contributed by atoms with Gasteiger partial charge < -0.3 is 24.3 Å². The summed E-state index contributed by atoms with van der Waals surface area (Å²) < 4.78 is 18.6. The maximum atomic E-state index is 11.2. The number of hydrogen-bond donors (Lipinski definition) is 1. The summed E-state index contributed by atoms with van der Waals surface area (Å²) in [6, 6.07) is 0. The van der Waals surface area contributed by atoms with Crippen molar-refractivity contribution in [2.24, 2.45) is 5.92 Å². The van der Waals surface area contributed by atoms with Crippen LogP contribution in [0.25, 0.3) is 0 Å². The van der Waals surface area contributed by atoms with Crippen molar-refractivity contribution in [2.75, 3.05) is 33.0 Å². The topological polar surface area (TPSA) is 100 Å². The van der Waals surface area contributed by atoms with E-state index in [2.05, 4.69) is 26.1 Å². The van der Waals surface area contributed by atoms with Gasteiger partial charge in [0.05, 0.1) is 0 Å². The van der Waals surface area contributed by atoms with E-state index in [9.17, 15) is 14.4 Å². The van der Waals surface area contributed by atoms with Crippen LogP contribution in [0.4, 0.5) is 9.59 Å². The van der Waals surface area contributed by atoms with Crippen LogP contribution < -0.4 is 5.32 Å². The molecule has 8 nitrogen and oxygen atoms in total. The first-order chi connectivity index (χ1) is 9.11. The van der Waals surface area contributed by atoms with Crippen molar-refractivity contribution in [1.29, 1.82) is 0 Å².